The first kappa shape index (κ1) is 14.2. The summed E-state index contributed by atoms with van der Waals surface area (Å²) in [6, 6.07) is 16.6. The molecule has 0 aliphatic carbocycles. The number of hydrogen-bond donors (Lipinski definition) is 1. The van der Waals surface area contributed by atoms with Crippen molar-refractivity contribution in [2.24, 2.45) is 0 Å². The van der Waals surface area contributed by atoms with E-state index in [2.05, 4.69) is 5.32 Å². The second kappa shape index (κ2) is 6.78. The van der Waals surface area contributed by atoms with E-state index in [0.717, 1.165) is 11.3 Å². The fraction of sp³-hybridized carbons (Fsp3) is 0.0625. The number of nitrogens with one attached hydrogen (secondary N) is 1. The third-order valence-electron chi connectivity index (χ3n) is 2.80. The summed E-state index contributed by atoms with van der Waals surface area (Å²) >= 11 is 5.81. The lowest BCUT2D eigenvalue weighted by Gasteiger charge is -2.16. The Morgan fingerprint density at radius 1 is 1.10 bits per heavy atom. The van der Waals surface area contributed by atoms with Crippen LogP contribution in [0.25, 0.3) is 6.08 Å². The van der Waals surface area contributed by atoms with Gasteiger partial charge in [-0.15, -0.1) is 0 Å². The number of hydrogen-bond acceptors (Lipinski definition) is 1. The molecular weight excluding hydrogens is 272 g/mol. The van der Waals surface area contributed by atoms with Crippen molar-refractivity contribution in [1.82, 2.24) is 5.32 Å². The van der Waals surface area contributed by atoms with Crippen molar-refractivity contribution in [3.8, 4) is 0 Å². The summed E-state index contributed by atoms with van der Waals surface area (Å²) in [7, 11) is 1.72. The van der Waals surface area contributed by atoms with Crippen molar-refractivity contribution in [3.05, 3.63) is 71.4 Å². The van der Waals surface area contributed by atoms with Gasteiger partial charge in [-0.3, -0.25) is 4.90 Å². The highest BCUT2D eigenvalue weighted by Crippen LogP contribution is 2.12. The van der Waals surface area contributed by atoms with Crippen LogP contribution in [0.2, 0.25) is 5.02 Å². The molecule has 102 valence electrons. The molecule has 2 aromatic rings. The zero-order chi connectivity index (χ0) is 14.4. The molecule has 1 N–H and O–H groups in total. The molecule has 2 amide bonds. The highest BCUT2D eigenvalue weighted by molar-refractivity contribution is 6.30. The van der Waals surface area contributed by atoms with E-state index in [0.29, 0.717) is 5.02 Å². The van der Waals surface area contributed by atoms with Gasteiger partial charge in [0.1, 0.15) is 0 Å². The number of amides is 2. The summed E-state index contributed by atoms with van der Waals surface area (Å²) < 4.78 is 0. The molecule has 20 heavy (non-hydrogen) atoms. The maximum absolute atomic E-state index is 11.9. The van der Waals surface area contributed by atoms with Crippen LogP contribution in [-0.2, 0) is 0 Å². The second-order valence-corrected chi connectivity index (χ2v) is 4.67. The number of urea groups is 1. The van der Waals surface area contributed by atoms with Crippen LogP contribution in [0.5, 0.6) is 0 Å². The zero-order valence-corrected chi connectivity index (χ0v) is 11.8. The predicted octanol–water partition coefficient (Wildman–Crippen LogP) is 4.16. The van der Waals surface area contributed by atoms with Gasteiger partial charge in [-0.2, -0.15) is 0 Å². The Labute approximate surface area is 123 Å². The summed E-state index contributed by atoms with van der Waals surface area (Å²) in [4.78, 5) is 13.5. The van der Waals surface area contributed by atoms with Crippen LogP contribution in [0.15, 0.2) is 60.8 Å². The molecule has 0 aliphatic rings. The molecule has 0 heterocycles. The molecule has 0 radical (unpaired) electrons. The van der Waals surface area contributed by atoms with Crippen LogP contribution in [0, 0.1) is 0 Å². The molecule has 0 bridgehead atoms. The van der Waals surface area contributed by atoms with Gasteiger partial charge in [0, 0.05) is 24.0 Å². The first-order chi connectivity index (χ1) is 9.66. The monoisotopic (exact) mass is 286 g/mol. The van der Waals surface area contributed by atoms with E-state index < -0.39 is 0 Å². The SMILES string of the molecule is CN(C(=O)N/C=C/c1ccc(Cl)cc1)c1ccccc1. The minimum absolute atomic E-state index is 0.193. The maximum Gasteiger partial charge on any atom is 0.325 e. The van der Waals surface area contributed by atoms with Crippen LogP contribution >= 0.6 is 11.6 Å². The largest absolute Gasteiger partial charge is 0.325 e. The van der Waals surface area contributed by atoms with Crippen molar-refractivity contribution in [1.29, 1.82) is 0 Å². The molecule has 2 aromatic carbocycles. The third-order valence-corrected chi connectivity index (χ3v) is 3.05. The number of carbonyl (C=O) groups excluding carboxylic acids is 1. The molecule has 0 spiro atoms. The van der Waals surface area contributed by atoms with Gasteiger partial charge in [-0.1, -0.05) is 41.9 Å². The van der Waals surface area contributed by atoms with Crippen molar-refractivity contribution >= 4 is 29.4 Å². The molecular formula is C16H15ClN2O. The fourth-order valence-corrected chi connectivity index (χ4v) is 1.77. The summed E-state index contributed by atoms with van der Waals surface area (Å²) in [5.41, 5.74) is 1.81. The molecule has 0 saturated carbocycles. The Bertz CT molecular complexity index is 594. The van der Waals surface area contributed by atoms with Gasteiger partial charge < -0.3 is 5.32 Å². The molecule has 0 aromatic heterocycles. The normalized spacial score (nSPS) is 10.5. The number of nitrogens with zero attached hydrogens (tertiary/aromatic N) is 1. The zero-order valence-electron chi connectivity index (χ0n) is 11.1. The van der Waals surface area contributed by atoms with Crippen molar-refractivity contribution in [2.45, 2.75) is 0 Å². The molecule has 3 nitrogen and oxygen atoms in total. The smallest absolute Gasteiger partial charge is 0.314 e. The summed E-state index contributed by atoms with van der Waals surface area (Å²) in [6.45, 7) is 0. The third kappa shape index (κ3) is 3.87. The number of benzene rings is 2. The van der Waals surface area contributed by atoms with Crippen LogP contribution in [0.1, 0.15) is 5.56 Å². The Morgan fingerprint density at radius 2 is 1.75 bits per heavy atom. The molecule has 4 heteroatoms. The lowest BCUT2D eigenvalue weighted by molar-refractivity contribution is 0.250. The lowest BCUT2D eigenvalue weighted by Crippen LogP contribution is -2.34. The van der Waals surface area contributed by atoms with E-state index in [-0.39, 0.29) is 6.03 Å². The fourth-order valence-electron chi connectivity index (χ4n) is 1.65. The molecule has 0 unspecified atom stereocenters. The van der Waals surface area contributed by atoms with Crippen LogP contribution in [-0.4, -0.2) is 13.1 Å². The second-order valence-electron chi connectivity index (χ2n) is 4.23. The average Bonchev–Trinajstić information content (AvgIpc) is 2.49. The topological polar surface area (TPSA) is 32.3 Å². The van der Waals surface area contributed by atoms with Crippen LogP contribution in [0.4, 0.5) is 10.5 Å². The van der Waals surface area contributed by atoms with Crippen molar-refractivity contribution in [2.75, 3.05) is 11.9 Å². The maximum atomic E-state index is 11.9. The van der Waals surface area contributed by atoms with Gasteiger partial charge in [-0.05, 0) is 35.9 Å². The lowest BCUT2D eigenvalue weighted by atomic mass is 10.2. The number of rotatable bonds is 3. The Kier molecular flexibility index (Phi) is 4.80. The van der Waals surface area contributed by atoms with E-state index in [9.17, 15) is 4.79 Å². The number of carbonyl (C=O) groups is 1. The molecule has 0 fully saturated rings. The van der Waals surface area contributed by atoms with Gasteiger partial charge in [0.2, 0.25) is 0 Å². The highest BCUT2D eigenvalue weighted by Gasteiger charge is 2.07. The van der Waals surface area contributed by atoms with E-state index >= 15 is 0 Å². The Morgan fingerprint density at radius 3 is 2.40 bits per heavy atom. The highest BCUT2D eigenvalue weighted by atomic mass is 35.5. The summed E-state index contributed by atoms with van der Waals surface area (Å²) in [5, 5.41) is 3.41. The van der Waals surface area contributed by atoms with Gasteiger partial charge in [0.05, 0.1) is 0 Å². The van der Waals surface area contributed by atoms with Crippen LogP contribution < -0.4 is 10.2 Å². The first-order valence-corrected chi connectivity index (χ1v) is 6.56. The van der Waals surface area contributed by atoms with Gasteiger partial charge in [0.25, 0.3) is 0 Å². The predicted molar refractivity (Wildman–Crippen MR) is 83.9 cm³/mol. The van der Waals surface area contributed by atoms with Gasteiger partial charge in [-0.25, -0.2) is 4.79 Å². The molecule has 0 atom stereocenters. The standard InChI is InChI=1S/C16H15ClN2O/c1-19(15-5-3-2-4-6-15)16(20)18-12-11-13-7-9-14(17)10-8-13/h2-12H,1H3,(H,18,20)/b12-11+. The number of anilines is 1. The average molecular weight is 287 g/mol. The van der Waals surface area contributed by atoms with E-state index in [4.69, 9.17) is 11.6 Å². The minimum Gasteiger partial charge on any atom is -0.314 e. The molecule has 2 rings (SSSR count). The number of halogens is 1. The number of para-hydroxylation sites is 1. The minimum atomic E-state index is -0.193. The van der Waals surface area contributed by atoms with Crippen molar-refractivity contribution < 1.29 is 4.79 Å². The van der Waals surface area contributed by atoms with Crippen molar-refractivity contribution in [3.63, 3.8) is 0 Å². The van der Waals surface area contributed by atoms with Gasteiger partial charge >= 0.3 is 6.03 Å². The Balaban J connectivity index is 1.93. The summed E-state index contributed by atoms with van der Waals surface area (Å²) in [6.07, 6.45) is 3.43. The van der Waals surface area contributed by atoms with E-state index in [1.807, 2.05) is 48.5 Å². The molecule has 0 saturated heterocycles. The van der Waals surface area contributed by atoms with E-state index in [1.54, 1.807) is 30.3 Å². The summed E-state index contributed by atoms with van der Waals surface area (Å²) in [5.74, 6) is 0. The van der Waals surface area contributed by atoms with Crippen LogP contribution in [0.3, 0.4) is 0 Å². The molecule has 0 aliphatic heterocycles. The van der Waals surface area contributed by atoms with E-state index in [1.165, 1.54) is 0 Å². The Hall–Kier alpha value is -2.26. The van der Waals surface area contributed by atoms with Gasteiger partial charge in [0.15, 0.2) is 0 Å². The quantitative estimate of drug-likeness (QED) is 0.903. The first-order valence-electron chi connectivity index (χ1n) is 6.18.